The predicted molar refractivity (Wildman–Crippen MR) is 107 cm³/mol. The van der Waals surface area contributed by atoms with Crippen LogP contribution in [-0.2, 0) is 6.54 Å². The first-order chi connectivity index (χ1) is 13.6. The monoisotopic (exact) mass is 380 g/mol. The van der Waals surface area contributed by atoms with E-state index in [0.717, 1.165) is 30.9 Å². The zero-order chi connectivity index (χ0) is 19.9. The smallest absolute Gasteiger partial charge is 0.321 e. The molecule has 3 rings (SSSR count). The van der Waals surface area contributed by atoms with Crippen molar-refractivity contribution in [1.29, 1.82) is 5.26 Å². The molecule has 1 aliphatic rings. The third kappa shape index (κ3) is 4.72. The molecule has 7 heteroatoms. The summed E-state index contributed by atoms with van der Waals surface area (Å²) in [5.41, 5.74) is 2.30. The summed E-state index contributed by atoms with van der Waals surface area (Å²) >= 11 is 0. The quantitative estimate of drug-likeness (QED) is 0.863. The van der Waals surface area contributed by atoms with E-state index in [2.05, 4.69) is 16.3 Å². The van der Waals surface area contributed by atoms with Crippen LogP contribution in [0.1, 0.15) is 11.1 Å². The topological polar surface area (TPSA) is 77.8 Å². The minimum Gasteiger partial charge on any atom is -0.493 e. The highest BCUT2D eigenvalue weighted by Crippen LogP contribution is 2.28. The Labute approximate surface area is 165 Å². The molecule has 0 saturated carbocycles. The Bertz CT molecular complexity index is 870. The van der Waals surface area contributed by atoms with E-state index in [4.69, 9.17) is 14.7 Å². The van der Waals surface area contributed by atoms with Crippen molar-refractivity contribution in [3.05, 3.63) is 53.6 Å². The molecule has 0 aromatic heterocycles. The van der Waals surface area contributed by atoms with Crippen molar-refractivity contribution in [2.24, 2.45) is 0 Å². The van der Waals surface area contributed by atoms with Crippen LogP contribution in [0, 0.1) is 11.3 Å². The Hall–Kier alpha value is -3.24. The summed E-state index contributed by atoms with van der Waals surface area (Å²) in [5, 5.41) is 11.8. The molecule has 0 radical (unpaired) electrons. The zero-order valence-corrected chi connectivity index (χ0v) is 16.1. The molecule has 2 amide bonds. The second-order valence-corrected chi connectivity index (χ2v) is 6.58. The number of benzene rings is 2. The Kier molecular flexibility index (Phi) is 6.35. The van der Waals surface area contributed by atoms with Crippen molar-refractivity contribution < 1.29 is 14.3 Å². The molecule has 0 atom stereocenters. The maximum atomic E-state index is 12.5. The van der Waals surface area contributed by atoms with Gasteiger partial charge in [-0.15, -0.1) is 0 Å². The van der Waals surface area contributed by atoms with Crippen LogP contribution in [0.5, 0.6) is 11.5 Å². The van der Waals surface area contributed by atoms with Gasteiger partial charge in [-0.05, 0) is 35.9 Å². The van der Waals surface area contributed by atoms with E-state index in [9.17, 15) is 4.79 Å². The number of rotatable bonds is 5. The van der Waals surface area contributed by atoms with E-state index in [1.54, 1.807) is 43.4 Å². The third-order valence-electron chi connectivity index (χ3n) is 4.76. The van der Waals surface area contributed by atoms with Gasteiger partial charge in [-0.3, -0.25) is 4.90 Å². The molecule has 0 bridgehead atoms. The lowest BCUT2D eigenvalue weighted by Crippen LogP contribution is -2.49. The molecule has 0 spiro atoms. The summed E-state index contributed by atoms with van der Waals surface area (Å²) in [6.07, 6.45) is 0. The highest BCUT2D eigenvalue weighted by atomic mass is 16.5. The number of piperazine rings is 1. The van der Waals surface area contributed by atoms with E-state index in [-0.39, 0.29) is 6.03 Å². The largest absolute Gasteiger partial charge is 0.493 e. The molecule has 0 unspecified atom stereocenters. The van der Waals surface area contributed by atoms with Gasteiger partial charge >= 0.3 is 6.03 Å². The van der Waals surface area contributed by atoms with E-state index in [0.29, 0.717) is 30.1 Å². The Morgan fingerprint density at radius 3 is 2.50 bits per heavy atom. The molecular formula is C21H24N4O3. The maximum Gasteiger partial charge on any atom is 0.321 e. The van der Waals surface area contributed by atoms with E-state index in [1.165, 1.54) is 0 Å². The number of hydrogen-bond acceptors (Lipinski definition) is 5. The van der Waals surface area contributed by atoms with Crippen LogP contribution in [0.25, 0.3) is 0 Å². The first-order valence-corrected chi connectivity index (χ1v) is 9.12. The van der Waals surface area contributed by atoms with Crippen LogP contribution < -0.4 is 14.8 Å². The molecular weight excluding hydrogens is 356 g/mol. The fourth-order valence-electron chi connectivity index (χ4n) is 3.22. The number of anilines is 1. The summed E-state index contributed by atoms with van der Waals surface area (Å²) in [4.78, 5) is 16.6. The number of carbonyl (C=O) groups is 1. The summed E-state index contributed by atoms with van der Waals surface area (Å²) in [7, 11) is 3.25. The van der Waals surface area contributed by atoms with E-state index >= 15 is 0 Å². The highest BCUT2D eigenvalue weighted by molar-refractivity contribution is 5.89. The lowest BCUT2D eigenvalue weighted by atomic mass is 10.1. The third-order valence-corrected chi connectivity index (χ3v) is 4.76. The van der Waals surface area contributed by atoms with Crippen molar-refractivity contribution in [3.8, 4) is 17.6 Å². The van der Waals surface area contributed by atoms with Crippen molar-refractivity contribution in [3.63, 3.8) is 0 Å². The average Bonchev–Trinajstić information content (AvgIpc) is 2.74. The molecule has 2 aromatic carbocycles. The van der Waals surface area contributed by atoms with Crippen LogP contribution in [-0.4, -0.2) is 56.2 Å². The zero-order valence-electron chi connectivity index (χ0n) is 16.1. The van der Waals surface area contributed by atoms with Crippen molar-refractivity contribution in [2.75, 3.05) is 45.7 Å². The summed E-state index contributed by atoms with van der Waals surface area (Å²) in [5.74, 6) is 1.44. The van der Waals surface area contributed by atoms with Crippen LogP contribution in [0.2, 0.25) is 0 Å². The van der Waals surface area contributed by atoms with Gasteiger partial charge in [-0.25, -0.2) is 4.79 Å². The number of nitrogens with one attached hydrogen (secondary N) is 1. The van der Waals surface area contributed by atoms with Gasteiger partial charge in [0, 0.05) is 38.4 Å². The molecule has 28 heavy (non-hydrogen) atoms. The molecule has 1 aliphatic heterocycles. The fourth-order valence-corrected chi connectivity index (χ4v) is 3.22. The number of nitriles is 1. The maximum absolute atomic E-state index is 12.5. The first kappa shape index (κ1) is 19.5. The molecule has 0 aliphatic carbocycles. The predicted octanol–water partition coefficient (Wildman–Crippen LogP) is 2.93. The van der Waals surface area contributed by atoms with Gasteiger partial charge in [0.1, 0.15) is 0 Å². The molecule has 2 aromatic rings. The van der Waals surface area contributed by atoms with Gasteiger partial charge in [0.15, 0.2) is 11.5 Å². The number of amides is 2. The number of methoxy groups -OCH3 is 2. The second kappa shape index (κ2) is 9.11. The van der Waals surface area contributed by atoms with Gasteiger partial charge in [0.2, 0.25) is 0 Å². The number of ether oxygens (including phenoxy) is 2. The van der Waals surface area contributed by atoms with Gasteiger partial charge in [-0.2, -0.15) is 5.26 Å². The molecule has 1 heterocycles. The molecule has 1 N–H and O–H groups in total. The Balaban J connectivity index is 1.53. The number of nitrogens with zero attached hydrogens (tertiary/aromatic N) is 3. The highest BCUT2D eigenvalue weighted by Gasteiger charge is 2.21. The average molecular weight is 380 g/mol. The Morgan fingerprint density at radius 1 is 1.07 bits per heavy atom. The van der Waals surface area contributed by atoms with Gasteiger partial charge in [0.05, 0.1) is 25.9 Å². The van der Waals surface area contributed by atoms with Crippen LogP contribution in [0.15, 0.2) is 42.5 Å². The summed E-state index contributed by atoms with van der Waals surface area (Å²) in [6.45, 7) is 3.67. The first-order valence-electron chi connectivity index (χ1n) is 9.12. The fraction of sp³-hybridized carbons (Fsp3) is 0.333. The van der Waals surface area contributed by atoms with Crippen molar-refractivity contribution >= 4 is 11.7 Å². The van der Waals surface area contributed by atoms with E-state index < -0.39 is 0 Å². The number of urea groups is 1. The lowest BCUT2D eigenvalue weighted by molar-refractivity contribution is 0.143. The van der Waals surface area contributed by atoms with E-state index in [1.807, 2.05) is 18.2 Å². The Morgan fingerprint density at radius 2 is 1.82 bits per heavy atom. The SMILES string of the molecule is COc1ccc(CN2CCN(C(=O)Nc3cccc(C#N)c3)CC2)cc1OC. The lowest BCUT2D eigenvalue weighted by Gasteiger charge is -2.34. The van der Waals surface area contributed by atoms with Gasteiger partial charge in [-0.1, -0.05) is 12.1 Å². The summed E-state index contributed by atoms with van der Waals surface area (Å²) in [6, 6.07) is 14.8. The van der Waals surface area contributed by atoms with Crippen LogP contribution >= 0.6 is 0 Å². The summed E-state index contributed by atoms with van der Waals surface area (Å²) < 4.78 is 10.6. The molecule has 1 fully saturated rings. The molecule has 7 nitrogen and oxygen atoms in total. The minimum absolute atomic E-state index is 0.138. The number of carbonyl (C=O) groups excluding carboxylic acids is 1. The molecule has 146 valence electrons. The normalized spacial score (nSPS) is 14.2. The minimum atomic E-state index is -0.138. The standard InChI is InChI=1S/C21H24N4O3/c1-27-19-7-6-17(13-20(19)28-2)15-24-8-10-25(11-9-24)21(26)23-18-5-3-4-16(12-18)14-22/h3-7,12-13H,8-11,15H2,1-2H3,(H,23,26). The second-order valence-electron chi connectivity index (χ2n) is 6.58. The van der Waals surface area contributed by atoms with Gasteiger partial charge < -0.3 is 19.7 Å². The van der Waals surface area contributed by atoms with Gasteiger partial charge in [0.25, 0.3) is 0 Å². The van der Waals surface area contributed by atoms with Crippen LogP contribution in [0.3, 0.4) is 0 Å². The van der Waals surface area contributed by atoms with Crippen molar-refractivity contribution in [2.45, 2.75) is 6.54 Å². The van der Waals surface area contributed by atoms with Crippen molar-refractivity contribution in [1.82, 2.24) is 9.80 Å². The van der Waals surface area contributed by atoms with Crippen LogP contribution in [0.4, 0.5) is 10.5 Å². The molecule has 1 saturated heterocycles. The number of hydrogen-bond donors (Lipinski definition) is 1.